The van der Waals surface area contributed by atoms with Crippen molar-refractivity contribution >= 4 is 17.7 Å². The summed E-state index contributed by atoms with van der Waals surface area (Å²) in [6.07, 6.45) is 7.23. The fraction of sp³-hybridized carbons (Fsp3) is 0.609. The molecule has 0 bridgehead atoms. The van der Waals surface area contributed by atoms with E-state index >= 15 is 0 Å². The molecule has 1 saturated heterocycles. The number of amides is 3. The molecular formula is C23H32FN3O3. The Morgan fingerprint density at radius 2 is 1.67 bits per heavy atom. The molecule has 3 amide bonds. The van der Waals surface area contributed by atoms with E-state index < -0.39 is 6.04 Å². The van der Waals surface area contributed by atoms with Gasteiger partial charge in [0.2, 0.25) is 17.7 Å². The highest BCUT2D eigenvalue weighted by molar-refractivity contribution is 5.87. The number of nitrogens with one attached hydrogen (secondary N) is 2. The Labute approximate surface area is 177 Å². The lowest BCUT2D eigenvalue weighted by atomic mass is 9.87. The molecule has 2 fully saturated rings. The van der Waals surface area contributed by atoms with E-state index in [1.54, 1.807) is 12.1 Å². The first-order valence-corrected chi connectivity index (χ1v) is 11.0. The molecule has 1 aromatic carbocycles. The molecule has 1 aliphatic heterocycles. The van der Waals surface area contributed by atoms with Crippen LogP contribution in [0.25, 0.3) is 0 Å². The smallest absolute Gasteiger partial charge is 0.243 e. The van der Waals surface area contributed by atoms with Gasteiger partial charge in [-0.2, -0.15) is 0 Å². The van der Waals surface area contributed by atoms with Crippen molar-refractivity contribution in [3.63, 3.8) is 0 Å². The molecule has 3 rings (SSSR count). The lowest BCUT2D eigenvalue weighted by Gasteiger charge is -2.36. The number of nitrogens with zero attached hydrogens (tertiary/aromatic N) is 1. The molecule has 164 valence electrons. The van der Waals surface area contributed by atoms with Gasteiger partial charge < -0.3 is 15.5 Å². The molecule has 0 radical (unpaired) electrons. The van der Waals surface area contributed by atoms with Crippen LogP contribution in [0.1, 0.15) is 57.4 Å². The first kappa shape index (κ1) is 22.2. The third-order valence-electron chi connectivity index (χ3n) is 6.15. The van der Waals surface area contributed by atoms with E-state index in [2.05, 4.69) is 10.6 Å². The first-order valence-electron chi connectivity index (χ1n) is 11.0. The van der Waals surface area contributed by atoms with Crippen LogP contribution in [0, 0.1) is 11.7 Å². The summed E-state index contributed by atoms with van der Waals surface area (Å²) in [7, 11) is 0. The van der Waals surface area contributed by atoms with Crippen molar-refractivity contribution < 1.29 is 18.8 Å². The topological polar surface area (TPSA) is 78.5 Å². The third kappa shape index (κ3) is 6.28. The number of carbonyl (C=O) groups excluding carboxylic acids is 3. The summed E-state index contributed by atoms with van der Waals surface area (Å²) >= 11 is 0. The SMILES string of the molecule is CC(=O)NC(Cc1ccc(F)cc1)C(=O)NC1CCN(C(=O)C2CCCCC2)CC1. The Morgan fingerprint density at radius 1 is 1.03 bits per heavy atom. The minimum absolute atomic E-state index is 0.0163. The van der Waals surface area contributed by atoms with Crippen LogP contribution in [0.4, 0.5) is 4.39 Å². The Morgan fingerprint density at radius 3 is 2.27 bits per heavy atom. The van der Waals surface area contributed by atoms with Gasteiger partial charge in [0.05, 0.1) is 0 Å². The number of benzene rings is 1. The van der Waals surface area contributed by atoms with Crippen molar-refractivity contribution in [2.75, 3.05) is 13.1 Å². The maximum absolute atomic E-state index is 13.1. The van der Waals surface area contributed by atoms with Gasteiger partial charge in [-0.15, -0.1) is 0 Å². The Hall–Kier alpha value is -2.44. The highest BCUT2D eigenvalue weighted by Gasteiger charge is 2.30. The molecule has 1 aromatic rings. The van der Waals surface area contributed by atoms with E-state index in [1.807, 2.05) is 4.90 Å². The molecule has 1 saturated carbocycles. The van der Waals surface area contributed by atoms with Gasteiger partial charge in [-0.05, 0) is 43.4 Å². The standard InChI is InChI=1S/C23H32FN3O3/c1-16(28)25-21(15-17-7-9-19(24)10-8-17)22(29)26-20-11-13-27(14-12-20)23(30)18-5-3-2-4-6-18/h7-10,18,20-21H,2-6,11-15H2,1H3,(H,25,28)(H,26,29). The van der Waals surface area contributed by atoms with Gasteiger partial charge in [-0.1, -0.05) is 31.4 Å². The van der Waals surface area contributed by atoms with Gasteiger partial charge in [-0.25, -0.2) is 4.39 Å². The summed E-state index contributed by atoms with van der Waals surface area (Å²) in [4.78, 5) is 39.0. The van der Waals surface area contributed by atoms with Gasteiger partial charge in [-0.3, -0.25) is 14.4 Å². The van der Waals surface area contributed by atoms with E-state index in [9.17, 15) is 18.8 Å². The number of halogens is 1. The van der Waals surface area contributed by atoms with Gasteiger partial charge in [0.25, 0.3) is 0 Å². The van der Waals surface area contributed by atoms with Gasteiger partial charge in [0.15, 0.2) is 0 Å². The molecule has 2 aliphatic rings. The quantitative estimate of drug-likeness (QED) is 0.747. The molecule has 7 heteroatoms. The highest BCUT2D eigenvalue weighted by Crippen LogP contribution is 2.26. The largest absolute Gasteiger partial charge is 0.351 e. The van der Waals surface area contributed by atoms with Gasteiger partial charge in [0.1, 0.15) is 11.9 Å². The number of likely N-dealkylation sites (tertiary alicyclic amines) is 1. The number of hydrogen-bond acceptors (Lipinski definition) is 3. The van der Waals surface area contributed by atoms with Crippen molar-refractivity contribution in [3.05, 3.63) is 35.6 Å². The fourth-order valence-corrected chi connectivity index (χ4v) is 4.46. The van der Waals surface area contributed by atoms with Crippen molar-refractivity contribution in [1.82, 2.24) is 15.5 Å². The molecule has 0 spiro atoms. The second-order valence-corrected chi connectivity index (χ2v) is 8.53. The minimum atomic E-state index is -0.713. The number of rotatable bonds is 6. The van der Waals surface area contributed by atoms with Crippen molar-refractivity contribution in [1.29, 1.82) is 0 Å². The van der Waals surface area contributed by atoms with Crippen molar-refractivity contribution in [2.45, 2.75) is 70.4 Å². The zero-order chi connectivity index (χ0) is 21.5. The monoisotopic (exact) mass is 417 g/mol. The van der Waals surface area contributed by atoms with Crippen LogP contribution < -0.4 is 10.6 Å². The summed E-state index contributed by atoms with van der Waals surface area (Å²) < 4.78 is 13.1. The first-order chi connectivity index (χ1) is 14.4. The average Bonchev–Trinajstić information content (AvgIpc) is 2.75. The predicted molar refractivity (Wildman–Crippen MR) is 112 cm³/mol. The van der Waals surface area contributed by atoms with Crippen LogP contribution in [0.2, 0.25) is 0 Å². The van der Waals surface area contributed by atoms with Crippen molar-refractivity contribution in [2.24, 2.45) is 5.92 Å². The molecule has 1 unspecified atom stereocenters. The molecule has 0 aromatic heterocycles. The minimum Gasteiger partial charge on any atom is -0.351 e. The second kappa shape index (κ2) is 10.5. The highest BCUT2D eigenvalue weighted by atomic mass is 19.1. The van der Waals surface area contributed by atoms with Crippen LogP contribution in [0.15, 0.2) is 24.3 Å². The van der Waals surface area contributed by atoms with Gasteiger partial charge >= 0.3 is 0 Å². The summed E-state index contributed by atoms with van der Waals surface area (Å²) in [6, 6.07) is 5.20. The van der Waals surface area contributed by atoms with Crippen LogP contribution in [-0.4, -0.2) is 47.8 Å². The van der Waals surface area contributed by atoms with Crippen molar-refractivity contribution in [3.8, 4) is 0 Å². The second-order valence-electron chi connectivity index (χ2n) is 8.53. The summed E-state index contributed by atoms with van der Waals surface area (Å²) in [5, 5.41) is 5.72. The Balaban J connectivity index is 1.51. The van der Waals surface area contributed by atoms with Crippen LogP contribution >= 0.6 is 0 Å². The zero-order valence-corrected chi connectivity index (χ0v) is 17.7. The summed E-state index contributed by atoms with van der Waals surface area (Å²) in [6.45, 7) is 2.69. The van der Waals surface area contributed by atoms with Crippen LogP contribution in [0.3, 0.4) is 0 Å². The average molecular weight is 418 g/mol. The summed E-state index contributed by atoms with van der Waals surface area (Å²) in [5.41, 5.74) is 0.776. The molecule has 30 heavy (non-hydrogen) atoms. The number of piperidine rings is 1. The Kier molecular flexibility index (Phi) is 7.82. The predicted octanol–water partition coefficient (Wildman–Crippen LogP) is 2.56. The van der Waals surface area contributed by atoms with E-state index in [0.29, 0.717) is 32.4 Å². The maximum Gasteiger partial charge on any atom is 0.243 e. The molecule has 6 nitrogen and oxygen atoms in total. The molecule has 1 atom stereocenters. The van der Waals surface area contributed by atoms with E-state index in [4.69, 9.17) is 0 Å². The number of carbonyl (C=O) groups is 3. The fourth-order valence-electron chi connectivity index (χ4n) is 4.46. The van der Waals surface area contributed by atoms with Crippen LogP contribution in [-0.2, 0) is 20.8 Å². The molecular weight excluding hydrogens is 385 g/mol. The molecule has 1 heterocycles. The Bertz CT molecular complexity index is 739. The summed E-state index contributed by atoms with van der Waals surface area (Å²) in [5.74, 6) is -0.429. The van der Waals surface area contributed by atoms with Gasteiger partial charge in [0, 0.05) is 38.4 Å². The normalized spacial score (nSPS) is 19.2. The zero-order valence-electron chi connectivity index (χ0n) is 17.7. The van der Waals surface area contributed by atoms with E-state index in [1.165, 1.54) is 25.5 Å². The molecule has 1 aliphatic carbocycles. The van der Waals surface area contributed by atoms with E-state index in [0.717, 1.165) is 31.2 Å². The van der Waals surface area contributed by atoms with Crippen LogP contribution in [0.5, 0.6) is 0 Å². The lowest BCUT2D eigenvalue weighted by Crippen LogP contribution is -2.53. The number of hydrogen-bond donors (Lipinski definition) is 2. The molecule has 2 N–H and O–H groups in total. The lowest BCUT2D eigenvalue weighted by molar-refractivity contribution is -0.138. The third-order valence-corrected chi connectivity index (χ3v) is 6.15. The maximum atomic E-state index is 13.1. The van der Waals surface area contributed by atoms with E-state index in [-0.39, 0.29) is 35.5 Å².